The number of anilines is 1. The number of hydrogen-bond donors (Lipinski definition) is 2. The van der Waals surface area contributed by atoms with E-state index in [-0.39, 0.29) is 29.0 Å². The molecule has 2 N–H and O–H groups in total. The third-order valence-corrected chi connectivity index (χ3v) is 8.69. The fourth-order valence-electron chi connectivity index (χ4n) is 5.98. The van der Waals surface area contributed by atoms with Gasteiger partial charge < -0.3 is 19.3 Å². The highest BCUT2D eigenvalue weighted by atomic mass is 19.4. The first-order chi connectivity index (χ1) is 18.6. The number of nitrogens with zero attached hydrogens (tertiary/aromatic N) is 3. The Balaban J connectivity index is 1.30. The molecule has 3 fully saturated rings. The number of carbonyl (C=O) groups is 1. The fraction of sp³-hybridized carbons (Fsp3) is 0.464. The van der Waals surface area contributed by atoms with Crippen LogP contribution in [0.1, 0.15) is 45.5 Å². The average molecular weight is 542 g/mol. The predicted octanol–water partition coefficient (Wildman–Crippen LogP) is 4.01. The Hall–Kier alpha value is -3.28. The van der Waals surface area contributed by atoms with Gasteiger partial charge in [-0.3, -0.25) is 20.5 Å². The summed E-state index contributed by atoms with van der Waals surface area (Å²) in [6.45, 7) is 2.93. The van der Waals surface area contributed by atoms with Gasteiger partial charge in [0.15, 0.2) is 0 Å². The molecule has 2 aromatic rings. The summed E-state index contributed by atoms with van der Waals surface area (Å²) in [5, 5.41) is 15.7. The first-order valence-corrected chi connectivity index (χ1v) is 12.9. The van der Waals surface area contributed by atoms with E-state index in [1.807, 2.05) is 12.1 Å². The summed E-state index contributed by atoms with van der Waals surface area (Å²) in [5.41, 5.74) is 0.616. The van der Waals surface area contributed by atoms with E-state index < -0.39 is 23.1 Å². The van der Waals surface area contributed by atoms with Gasteiger partial charge in [-0.2, -0.15) is 13.2 Å². The Kier molecular flexibility index (Phi) is 6.09. The lowest BCUT2D eigenvalue weighted by Crippen LogP contribution is -2.70. The van der Waals surface area contributed by atoms with Crippen molar-refractivity contribution in [3.8, 4) is 0 Å². The second kappa shape index (κ2) is 9.14. The normalized spacial score (nSPS) is 21.1. The number of ether oxygens (including phenoxy) is 2. The minimum absolute atomic E-state index is 0.00281. The zero-order valence-corrected chi connectivity index (χ0v) is 21.6. The van der Waals surface area contributed by atoms with Crippen LogP contribution in [0.15, 0.2) is 36.4 Å². The molecule has 6 rings (SSSR count). The van der Waals surface area contributed by atoms with Crippen LogP contribution in [0.25, 0.3) is 0 Å². The monoisotopic (exact) mass is 541 g/mol. The second-order valence-corrected chi connectivity index (χ2v) is 11.1. The second-order valence-electron chi connectivity index (χ2n) is 11.1. The molecule has 1 amide bonds. The molecule has 0 aromatic heterocycles. The van der Waals surface area contributed by atoms with E-state index in [9.17, 15) is 18.0 Å². The van der Waals surface area contributed by atoms with Crippen LogP contribution in [-0.4, -0.2) is 73.4 Å². The molecule has 4 aliphatic rings. The highest BCUT2D eigenvalue weighted by Gasteiger charge is 2.51. The van der Waals surface area contributed by atoms with Crippen LogP contribution < -0.4 is 4.90 Å². The average Bonchev–Trinajstić information content (AvgIpc) is 3.17. The maximum absolute atomic E-state index is 14.2. The van der Waals surface area contributed by atoms with Gasteiger partial charge in [-0.1, -0.05) is 12.1 Å². The van der Waals surface area contributed by atoms with Gasteiger partial charge in [0, 0.05) is 43.2 Å². The van der Waals surface area contributed by atoms with Crippen LogP contribution in [0.2, 0.25) is 0 Å². The van der Waals surface area contributed by atoms with Crippen LogP contribution in [-0.2, 0) is 34.2 Å². The van der Waals surface area contributed by atoms with Crippen molar-refractivity contribution >= 4 is 23.8 Å². The van der Waals surface area contributed by atoms with Crippen LogP contribution in [0.5, 0.6) is 0 Å². The van der Waals surface area contributed by atoms with Gasteiger partial charge in [-0.05, 0) is 47.4 Å². The first-order valence-electron chi connectivity index (χ1n) is 12.9. The zero-order chi connectivity index (χ0) is 27.6. The quantitative estimate of drug-likeness (QED) is 0.408. The van der Waals surface area contributed by atoms with Crippen molar-refractivity contribution in [3.63, 3.8) is 0 Å². The summed E-state index contributed by atoms with van der Waals surface area (Å²) in [6.07, 6.45) is -2.21. The van der Waals surface area contributed by atoms with Crippen molar-refractivity contribution in [2.75, 3.05) is 44.9 Å². The SMILES string of the molecule is CN(C=N)C(=N)CC1(c2cccc(N3Cc4c(cc(CN5CCC56COC6)cc4C(F)(F)F)C3=O)c2)COC1. The molecule has 206 valence electrons. The molecule has 0 aliphatic carbocycles. The van der Waals surface area contributed by atoms with Gasteiger partial charge in [-0.15, -0.1) is 0 Å². The molecule has 4 aliphatic heterocycles. The summed E-state index contributed by atoms with van der Waals surface area (Å²) in [5.74, 6) is -0.196. The lowest BCUT2D eigenvalue weighted by atomic mass is 9.75. The maximum Gasteiger partial charge on any atom is 0.416 e. The van der Waals surface area contributed by atoms with Gasteiger partial charge >= 0.3 is 6.18 Å². The van der Waals surface area contributed by atoms with Gasteiger partial charge in [0.2, 0.25) is 0 Å². The molecule has 0 bridgehead atoms. The number of benzene rings is 2. The van der Waals surface area contributed by atoms with Crippen LogP contribution >= 0.6 is 0 Å². The minimum Gasteiger partial charge on any atom is -0.379 e. The molecule has 39 heavy (non-hydrogen) atoms. The van der Waals surface area contributed by atoms with E-state index in [2.05, 4.69) is 4.90 Å². The van der Waals surface area contributed by atoms with E-state index in [0.717, 1.165) is 24.9 Å². The number of amidine groups is 1. The Bertz CT molecular complexity index is 1350. The van der Waals surface area contributed by atoms with E-state index in [1.165, 1.54) is 15.9 Å². The molecule has 1 spiro atoms. The summed E-state index contributed by atoms with van der Waals surface area (Å²) in [7, 11) is 1.63. The van der Waals surface area contributed by atoms with Crippen LogP contribution in [0.4, 0.5) is 18.9 Å². The third kappa shape index (κ3) is 4.23. The van der Waals surface area contributed by atoms with E-state index in [4.69, 9.17) is 20.3 Å². The summed E-state index contributed by atoms with van der Waals surface area (Å²) in [6, 6.07) is 10.0. The molecule has 0 radical (unpaired) electrons. The van der Waals surface area contributed by atoms with Crippen LogP contribution in [0.3, 0.4) is 0 Å². The molecule has 11 heteroatoms. The van der Waals surface area contributed by atoms with Crippen molar-refractivity contribution in [3.05, 3.63) is 64.2 Å². The highest BCUT2D eigenvalue weighted by molar-refractivity contribution is 6.10. The van der Waals surface area contributed by atoms with Crippen molar-refractivity contribution in [2.45, 2.75) is 43.1 Å². The fourth-order valence-corrected chi connectivity index (χ4v) is 5.98. The predicted molar refractivity (Wildman–Crippen MR) is 138 cm³/mol. The molecule has 4 heterocycles. The first kappa shape index (κ1) is 26.0. The number of hydrogen-bond acceptors (Lipinski definition) is 6. The molecule has 0 saturated carbocycles. The summed E-state index contributed by atoms with van der Waals surface area (Å²) in [4.78, 5) is 18.5. The lowest BCUT2D eigenvalue weighted by molar-refractivity contribution is -0.195. The van der Waals surface area contributed by atoms with Gasteiger partial charge in [-0.25, -0.2) is 0 Å². The number of amides is 1. The number of halogens is 3. The largest absolute Gasteiger partial charge is 0.416 e. The molecular formula is C28H30F3N5O3. The smallest absolute Gasteiger partial charge is 0.379 e. The highest BCUT2D eigenvalue weighted by Crippen LogP contribution is 2.43. The molecule has 3 saturated heterocycles. The molecule has 0 unspecified atom stereocenters. The maximum atomic E-state index is 14.2. The van der Waals surface area contributed by atoms with Gasteiger partial charge in [0.05, 0.1) is 50.4 Å². The third-order valence-electron chi connectivity index (χ3n) is 8.69. The standard InChI is InChI=1S/C28H30F3N5O3/c1-34(17-32)24(33)10-26(13-38-14-26)19-3-2-4-20(9-19)36-12-22-21(25(36)37)7-18(8-23(22)28(29,30)31)11-35-6-5-27(35)15-39-16-27/h2-4,7-9,17,32-33H,5-6,10-16H2,1H3. The topological polar surface area (TPSA) is 93.0 Å². The number of fused-ring (bicyclic) bond motifs is 1. The molecule has 0 atom stereocenters. The molecule has 2 aromatic carbocycles. The number of alkyl halides is 3. The Morgan fingerprint density at radius 1 is 1.15 bits per heavy atom. The number of rotatable bonds is 7. The van der Waals surface area contributed by atoms with Crippen LogP contribution in [0, 0.1) is 10.8 Å². The summed E-state index contributed by atoms with van der Waals surface area (Å²) >= 11 is 0. The van der Waals surface area contributed by atoms with Crippen molar-refractivity contribution in [1.82, 2.24) is 9.80 Å². The summed E-state index contributed by atoms with van der Waals surface area (Å²) < 4.78 is 53.5. The van der Waals surface area contributed by atoms with Crippen molar-refractivity contribution in [2.24, 2.45) is 0 Å². The van der Waals surface area contributed by atoms with Gasteiger partial charge in [0.1, 0.15) is 5.84 Å². The minimum atomic E-state index is -4.58. The van der Waals surface area contributed by atoms with Gasteiger partial charge in [0.25, 0.3) is 5.91 Å². The molecule has 8 nitrogen and oxygen atoms in total. The lowest BCUT2D eigenvalue weighted by Gasteiger charge is -2.57. The molecular weight excluding hydrogens is 511 g/mol. The Morgan fingerprint density at radius 3 is 2.46 bits per heavy atom. The number of likely N-dealkylation sites (tertiary alicyclic amines) is 1. The number of carbonyl (C=O) groups excluding carboxylic acids is 1. The van der Waals surface area contributed by atoms with E-state index in [0.29, 0.717) is 50.6 Å². The zero-order valence-electron chi connectivity index (χ0n) is 21.6. The Labute approximate surface area is 224 Å². The van der Waals surface area contributed by atoms with E-state index >= 15 is 0 Å². The van der Waals surface area contributed by atoms with E-state index in [1.54, 1.807) is 25.2 Å². The van der Waals surface area contributed by atoms with Crippen molar-refractivity contribution in [1.29, 1.82) is 10.8 Å². The number of nitrogens with one attached hydrogen (secondary N) is 2. The Morgan fingerprint density at radius 2 is 1.90 bits per heavy atom. The van der Waals surface area contributed by atoms with Crippen molar-refractivity contribution < 1.29 is 27.4 Å².